The van der Waals surface area contributed by atoms with E-state index in [4.69, 9.17) is 11.6 Å². The second-order valence-electron chi connectivity index (χ2n) is 6.38. The van der Waals surface area contributed by atoms with Crippen LogP contribution in [0.2, 0.25) is 5.02 Å². The first-order valence-corrected chi connectivity index (χ1v) is 8.43. The predicted molar refractivity (Wildman–Crippen MR) is 88.2 cm³/mol. The van der Waals surface area contributed by atoms with Crippen molar-refractivity contribution in [3.63, 3.8) is 0 Å². The molecule has 22 heavy (non-hydrogen) atoms. The zero-order chi connectivity index (χ0) is 15.7. The first kappa shape index (κ1) is 15.8. The molecule has 5 heteroatoms. The largest absolute Gasteiger partial charge is 0.393 e. The molecule has 0 aliphatic carbocycles. The number of hydrogen-bond donors (Lipinski definition) is 1. The normalized spacial score (nSPS) is 28.1. The fourth-order valence-corrected chi connectivity index (χ4v) is 3.83. The topological polar surface area (TPSA) is 43.8 Å². The lowest BCUT2D eigenvalue weighted by Gasteiger charge is -2.37. The molecule has 3 unspecified atom stereocenters. The number of carbonyl (C=O) groups is 1. The standard InChI is InChI=1S/C17H23ClN2O2/c1-12(21)13-8-10-19(11-13)16-7-4-9-20(17(16)22)15-6-3-2-5-14(15)18/h2-3,5-6,12-13,16,21H,4,7-11H2,1H3. The van der Waals surface area contributed by atoms with Crippen molar-refractivity contribution in [1.29, 1.82) is 0 Å². The molecule has 0 aromatic heterocycles. The molecule has 0 spiro atoms. The minimum absolute atomic E-state index is 0.0752. The number of piperidine rings is 1. The monoisotopic (exact) mass is 322 g/mol. The Hall–Kier alpha value is -1.10. The van der Waals surface area contributed by atoms with Gasteiger partial charge >= 0.3 is 0 Å². The molecule has 2 aliphatic rings. The van der Waals surface area contributed by atoms with Gasteiger partial charge in [0, 0.05) is 13.1 Å². The molecule has 3 atom stereocenters. The molecule has 2 fully saturated rings. The van der Waals surface area contributed by atoms with Gasteiger partial charge in [0.1, 0.15) is 0 Å². The molecule has 2 heterocycles. The molecule has 1 aromatic carbocycles. The quantitative estimate of drug-likeness (QED) is 0.930. The van der Waals surface area contributed by atoms with E-state index in [1.54, 1.807) is 0 Å². The van der Waals surface area contributed by atoms with Gasteiger partial charge in [-0.15, -0.1) is 0 Å². The number of aliphatic hydroxyl groups is 1. The lowest BCUT2D eigenvalue weighted by atomic mass is 10.0. The van der Waals surface area contributed by atoms with Crippen LogP contribution in [0.3, 0.4) is 0 Å². The molecule has 120 valence electrons. The van der Waals surface area contributed by atoms with Gasteiger partial charge < -0.3 is 10.0 Å². The van der Waals surface area contributed by atoms with E-state index >= 15 is 0 Å². The van der Waals surface area contributed by atoms with E-state index in [2.05, 4.69) is 4.90 Å². The lowest BCUT2D eigenvalue weighted by molar-refractivity contribution is -0.125. The average Bonchev–Trinajstić information content (AvgIpc) is 2.98. The van der Waals surface area contributed by atoms with Gasteiger partial charge in [-0.25, -0.2) is 0 Å². The fourth-order valence-electron chi connectivity index (χ4n) is 3.60. The summed E-state index contributed by atoms with van der Waals surface area (Å²) in [5, 5.41) is 10.4. The van der Waals surface area contributed by atoms with Gasteiger partial charge in [-0.3, -0.25) is 9.69 Å². The second-order valence-corrected chi connectivity index (χ2v) is 6.79. The lowest BCUT2D eigenvalue weighted by Crippen LogP contribution is -2.52. The summed E-state index contributed by atoms with van der Waals surface area (Å²) in [6, 6.07) is 7.45. The maximum atomic E-state index is 12.9. The molecule has 0 saturated carbocycles. The van der Waals surface area contributed by atoms with Crippen LogP contribution < -0.4 is 4.90 Å². The van der Waals surface area contributed by atoms with Crippen LogP contribution in [0.4, 0.5) is 5.69 Å². The molecule has 0 radical (unpaired) electrons. The number of hydrogen-bond acceptors (Lipinski definition) is 3. The summed E-state index contributed by atoms with van der Waals surface area (Å²) in [5.41, 5.74) is 0.810. The third-order valence-corrected chi connectivity index (χ3v) is 5.25. The van der Waals surface area contributed by atoms with E-state index in [1.165, 1.54) is 0 Å². The maximum Gasteiger partial charge on any atom is 0.244 e. The molecule has 1 N–H and O–H groups in total. The highest BCUT2D eigenvalue weighted by Gasteiger charge is 2.38. The molecule has 2 aliphatic heterocycles. The summed E-state index contributed by atoms with van der Waals surface area (Å²) in [5.74, 6) is 0.425. The number of carbonyl (C=O) groups excluding carboxylic acids is 1. The Kier molecular flexibility index (Phi) is 4.71. The summed E-state index contributed by atoms with van der Waals surface area (Å²) in [6.07, 6.45) is 2.54. The van der Waals surface area contributed by atoms with Gasteiger partial charge in [-0.05, 0) is 50.8 Å². The molecule has 4 nitrogen and oxygen atoms in total. The third kappa shape index (κ3) is 3.00. The summed E-state index contributed by atoms with van der Waals surface area (Å²) in [4.78, 5) is 17.0. The molecule has 1 amide bonds. The number of nitrogens with zero attached hydrogens (tertiary/aromatic N) is 2. The van der Waals surface area contributed by atoms with Crippen molar-refractivity contribution < 1.29 is 9.90 Å². The first-order valence-electron chi connectivity index (χ1n) is 8.06. The van der Waals surface area contributed by atoms with E-state index < -0.39 is 0 Å². The zero-order valence-corrected chi connectivity index (χ0v) is 13.7. The fraction of sp³-hybridized carbons (Fsp3) is 0.588. The van der Waals surface area contributed by atoms with Crippen LogP contribution in [0.15, 0.2) is 24.3 Å². The second kappa shape index (κ2) is 6.57. The van der Waals surface area contributed by atoms with Gasteiger partial charge in [-0.1, -0.05) is 23.7 Å². The van der Waals surface area contributed by atoms with Crippen LogP contribution in [0.25, 0.3) is 0 Å². The van der Waals surface area contributed by atoms with E-state index in [0.29, 0.717) is 5.02 Å². The Bertz CT molecular complexity index is 549. The third-order valence-electron chi connectivity index (χ3n) is 4.93. The van der Waals surface area contributed by atoms with Crippen molar-refractivity contribution in [3.8, 4) is 0 Å². The average molecular weight is 323 g/mol. The van der Waals surface area contributed by atoms with Crippen molar-refractivity contribution in [2.75, 3.05) is 24.5 Å². The number of benzene rings is 1. The smallest absolute Gasteiger partial charge is 0.244 e. The molecule has 3 rings (SSSR count). The van der Waals surface area contributed by atoms with Crippen molar-refractivity contribution >= 4 is 23.2 Å². The van der Waals surface area contributed by atoms with Crippen molar-refractivity contribution in [1.82, 2.24) is 4.90 Å². The van der Waals surface area contributed by atoms with Gasteiger partial charge in [0.15, 0.2) is 0 Å². The zero-order valence-electron chi connectivity index (χ0n) is 12.9. The summed E-state index contributed by atoms with van der Waals surface area (Å²) in [7, 11) is 0. The highest BCUT2D eigenvalue weighted by Crippen LogP contribution is 2.31. The number of aliphatic hydroxyl groups excluding tert-OH is 1. The Labute approximate surface area is 136 Å². The molecular formula is C17H23ClN2O2. The van der Waals surface area contributed by atoms with Crippen LogP contribution >= 0.6 is 11.6 Å². The number of halogens is 1. The highest BCUT2D eigenvalue weighted by molar-refractivity contribution is 6.33. The number of amides is 1. The van der Waals surface area contributed by atoms with Gasteiger partial charge in [0.25, 0.3) is 0 Å². The first-order chi connectivity index (χ1) is 10.6. The maximum absolute atomic E-state index is 12.9. The van der Waals surface area contributed by atoms with Crippen LogP contribution in [0.5, 0.6) is 0 Å². The number of para-hydroxylation sites is 1. The SMILES string of the molecule is CC(O)C1CCN(C2CCCN(c3ccccc3Cl)C2=O)C1. The predicted octanol–water partition coefficient (Wildman–Crippen LogP) is 2.54. The summed E-state index contributed by atoms with van der Waals surface area (Å²) >= 11 is 6.25. The molecular weight excluding hydrogens is 300 g/mol. The van der Waals surface area contributed by atoms with E-state index in [0.717, 1.165) is 44.6 Å². The Morgan fingerprint density at radius 3 is 2.73 bits per heavy atom. The molecule has 0 bridgehead atoms. The Balaban J connectivity index is 1.75. The number of anilines is 1. The van der Waals surface area contributed by atoms with Gasteiger partial charge in [0.2, 0.25) is 5.91 Å². The van der Waals surface area contributed by atoms with Crippen molar-refractivity contribution in [3.05, 3.63) is 29.3 Å². The van der Waals surface area contributed by atoms with Crippen LogP contribution in [-0.4, -0.2) is 47.7 Å². The molecule has 2 saturated heterocycles. The number of likely N-dealkylation sites (tertiary alicyclic amines) is 1. The van der Waals surface area contributed by atoms with E-state index in [9.17, 15) is 9.90 Å². The van der Waals surface area contributed by atoms with Crippen molar-refractivity contribution in [2.24, 2.45) is 5.92 Å². The van der Waals surface area contributed by atoms with Crippen molar-refractivity contribution in [2.45, 2.75) is 38.3 Å². The van der Waals surface area contributed by atoms with Crippen LogP contribution in [0.1, 0.15) is 26.2 Å². The number of rotatable bonds is 3. The summed E-state index contributed by atoms with van der Waals surface area (Å²) < 4.78 is 0. The van der Waals surface area contributed by atoms with E-state index in [-0.39, 0.29) is 24.0 Å². The minimum atomic E-state index is -0.302. The van der Waals surface area contributed by atoms with E-state index in [1.807, 2.05) is 36.1 Å². The molecule has 1 aromatic rings. The Morgan fingerprint density at radius 2 is 2.05 bits per heavy atom. The van der Waals surface area contributed by atoms with Crippen LogP contribution in [0, 0.1) is 5.92 Å². The van der Waals surface area contributed by atoms with Crippen LogP contribution in [-0.2, 0) is 4.79 Å². The van der Waals surface area contributed by atoms with Gasteiger partial charge in [0.05, 0.1) is 22.9 Å². The Morgan fingerprint density at radius 1 is 1.27 bits per heavy atom. The summed E-state index contributed by atoms with van der Waals surface area (Å²) in [6.45, 7) is 4.27. The van der Waals surface area contributed by atoms with Gasteiger partial charge in [-0.2, -0.15) is 0 Å². The highest BCUT2D eigenvalue weighted by atomic mass is 35.5. The minimum Gasteiger partial charge on any atom is -0.393 e.